The summed E-state index contributed by atoms with van der Waals surface area (Å²) < 4.78 is 0. The molecule has 1 aliphatic rings. The number of para-hydroxylation sites is 1. The van der Waals surface area contributed by atoms with Crippen molar-refractivity contribution in [1.29, 1.82) is 0 Å². The van der Waals surface area contributed by atoms with Crippen LogP contribution in [0.1, 0.15) is 5.56 Å². The number of hydrogen-bond acceptors (Lipinski definition) is 3. The van der Waals surface area contributed by atoms with E-state index in [4.69, 9.17) is 0 Å². The van der Waals surface area contributed by atoms with Crippen LogP contribution in [0, 0.1) is 0 Å². The topological polar surface area (TPSA) is 69.8 Å². The van der Waals surface area contributed by atoms with Crippen LogP contribution in [-0.2, 0) is 11.2 Å². The molecule has 0 bridgehead atoms. The minimum Gasteiger partial charge on any atom is -0.373 e. The second-order valence-corrected chi connectivity index (χ2v) is 5.22. The fourth-order valence-electron chi connectivity index (χ4n) is 2.70. The molecular formula is C16H14N4O. The number of hydrogen-bond donors (Lipinski definition) is 3. The Morgan fingerprint density at radius 1 is 1.24 bits per heavy atom. The highest BCUT2D eigenvalue weighted by molar-refractivity contribution is 5.99. The molecule has 4 rings (SSSR count). The van der Waals surface area contributed by atoms with Gasteiger partial charge in [0.05, 0.1) is 11.7 Å². The van der Waals surface area contributed by atoms with E-state index in [0.717, 1.165) is 22.3 Å². The van der Waals surface area contributed by atoms with Crippen LogP contribution in [0.25, 0.3) is 10.9 Å². The highest BCUT2D eigenvalue weighted by Crippen LogP contribution is 2.26. The number of H-pyrrole nitrogens is 1. The fourth-order valence-corrected chi connectivity index (χ4v) is 2.70. The summed E-state index contributed by atoms with van der Waals surface area (Å²) in [7, 11) is 0. The molecule has 0 aliphatic carbocycles. The second kappa shape index (κ2) is 4.63. The Bertz CT molecular complexity index is 799. The predicted molar refractivity (Wildman–Crippen MR) is 82.3 cm³/mol. The molecule has 104 valence electrons. The summed E-state index contributed by atoms with van der Waals surface area (Å²) in [6.45, 7) is 0. The maximum atomic E-state index is 12.4. The first-order chi connectivity index (χ1) is 10.3. The Hall–Kier alpha value is -2.82. The van der Waals surface area contributed by atoms with Gasteiger partial charge in [0, 0.05) is 23.2 Å². The molecule has 1 atom stereocenters. The third kappa shape index (κ3) is 2.12. The fraction of sp³-hybridized carbons (Fsp3) is 0.125. The summed E-state index contributed by atoms with van der Waals surface area (Å²) in [4.78, 5) is 12.4. The monoisotopic (exact) mass is 278 g/mol. The van der Waals surface area contributed by atoms with Crippen molar-refractivity contribution in [3.8, 4) is 0 Å². The Morgan fingerprint density at radius 3 is 3.05 bits per heavy atom. The highest BCUT2D eigenvalue weighted by Gasteiger charge is 2.26. The van der Waals surface area contributed by atoms with Crippen molar-refractivity contribution < 1.29 is 4.79 Å². The van der Waals surface area contributed by atoms with E-state index in [9.17, 15) is 4.79 Å². The van der Waals surface area contributed by atoms with Crippen molar-refractivity contribution in [2.45, 2.75) is 12.5 Å². The maximum Gasteiger partial charge on any atom is 0.247 e. The lowest BCUT2D eigenvalue weighted by Crippen LogP contribution is -2.32. The quantitative estimate of drug-likeness (QED) is 0.674. The Morgan fingerprint density at radius 2 is 2.14 bits per heavy atom. The minimum atomic E-state index is -0.222. The van der Waals surface area contributed by atoms with E-state index >= 15 is 0 Å². The van der Waals surface area contributed by atoms with Gasteiger partial charge in [-0.2, -0.15) is 5.10 Å². The van der Waals surface area contributed by atoms with E-state index in [0.29, 0.717) is 6.42 Å². The zero-order valence-corrected chi connectivity index (χ0v) is 11.3. The van der Waals surface area contributed by atoms with E-state index < -0.39 is 0 Å². The van der Waals surface area contributed by atoms with Gasteiger partial charge in [0.1, 0.15) is 6.04 Å². The number of fused-ring (bicyclic) bond motifs is 2. The summed E-state index contributed by atoms with van der Waals surface area (Å²) in [6.07, 6.45) is 2.48. The first-order valence-electron chi connectivity index (χ1n) is 6.88. The van der Waals surface area contributed by atoms with Crippen LogP contribution in [0.15, 0.2) is 48.7 Å². The van der Waals surface area contributed by atoms with Crippen LogP contribution in [0.5, 0.6) is 0 Å². The molecule has 1 amide bonds. The zero-order chi connectivity index (χ0) is 14.2. The largest absolute Gasteiger partial charge is 0.373 e. The smallest absolute Gasteiger partial charge is 0.247 e. The van der Waals surface area contributed by atoms with Gasteiger partial charge in [-0.1, -0.05) is 18.2 Å². The number of anilines is 2. The van der Waals surface area contributed by atoms with Crippen LogP contribution < -0.4 is 10.6 Å². The zero-order valence-electron chi connectivity index (χ0n) is 11.3. The van der Waals surface area contributed by atoms with Gasteiger partial charge in [0.2, 0.25) is 5.91 Å². The molecule has 2 heterocycles. The van der Waals surface area contributed by atoms with Crippen molar-refractivity contribution in [2.24, 2.45) is 0 Å². The summed E-state index contributed by atoms with van der Waals surface area (Å²) in [5.41, 5.74) is 3.91. The first-order valence-corrected chi connectivity index (χ1v) is 6.88. The number of aromatic amines is 1. The number of carbonyl (C=O) groups is 1. The Labute approximate surface area is 121 Å². The van der Waals surface area contributed by atoms with Gasteiger partial charge >= 0.3 is 0 Å². The number of nitrogens with zero attached hydrogens (tertiary/aromatic N) is 1. The van der Waals surface area contributed by atoms with E-state index in [1.54, 1.807) is 6.20 Å². The molecule has 0 radical (unpaired) electrons. The molecule has 1 unspecified atom stereocenters. The van der Waals surface area contributed by atoms with E-state index in [1.807, 2.05) is 42.5 Å². The van der Waals surface area contributed by atoms with Crippen molar-refractivity contribution in [3.05, 3.63) is 54.2 Å². The van der Waals surface area contributed by atoms with Gasteiger partial charge in [-0.3, -0.25) is 9.89 Å². The van der Waals surface area contributed by atoms with Gasteiger partial charge in [-0.25, -0.2) is 0 Å². The summed E-state index contributed by atoms with van der Waals surface area (Å²) in [5.74, 6) is -0.0231. The number of aromatic nitrogens is 2. The number of amides is 1. The van der Waals surface area contributed by atoms with Crippen molar-refractivity contribution in [2.75, 3.05) is 10.6 Å². The number of carbonyl (C=O) groups excluding carboxylic acids is 1. The molecular weight excluding hydrogens is 264 g/mol. The molecule has 0 saturated carbocycles. The third-order valence-electron chi connectivity index (χ3n) is 3.80. The average Bonchev–Trinajstić information content (AvgIpc) is 3.13. The Balaban J connectivity index is 1.51. The number of benzene rings is 2. The van der Waals surface area contributed by atoms with Gasteiger partial charge in [-0.05, 0) is 29.8 Å². The lowest BCUT2D eigenvalue weighted by atomic mass is 10.1. The van der Waals surface area contributed by atoms with Crippen LogP contribution >= 0.6 is 0 Å². The van der Waals surface area contributed by atoms with Gasteiger partial charge in [-0.15, -0.1) is 0 Å². The molecule has 0 spiro atoms. The first kappa shape index (κ1) is 12.0. The van der Waals surface area contributed by atoms with Gasteiger partial charge < -0.3 is 10.6 Å². The van der Waals surface area contributed by atoms with Gasteiger partial charge in [0.15, 0.2) is 0 Å². The summed E-state index contributed by atoms with van der Waals surface area (Å²) in [5, 5.41) is 14.1. The number of rotatable bonds is 2. The third-order valence-corrected chi connectivity index (χ3v) is 3.80. The van der Waals surface area contributed by atoms with E-state index in [-0.39, 0.29) is 11.9 Å². The van der Waals surface area contributed by atoms with Crippen LogP contribution in [-0.4, -0.2) is 22.1 Å². The van der Waals surface area contributed by atoms with Crippen LogP contribution in [0.4, 0.5) is 11.4 Å². The molecule has 21 heavy (non-hydrogen) atoms. The van der Waals surface area contributed by atoms with Gasteiger partial charge in [0.25, 0.3) is 0 Å². The Kier molecular flexibility index (Phi) is 2.64. The van der Waals surface area contributed by atoms with Crippen LogP contribution in [0.2, 0.25) is 0 Å². The summed E-state index contributed by atoms with van der Waals surface area (Å²) >= 11 is 0. The molecule has 1 aromatic heterocycles. The molecule has 3 N–H and O–H groups in total. The standard InChI is InChI=1S/C16H14N4O/c21-16(15-7-10-3-1-2-4-13(10)19-15)18-12-6-5-11-9-17-20-14(11)8-12/h1-6,8-9,15,19H,7H2,(H,17,20)(H,18,21). The van der Waals surface area contributed by atoms with E-state index in [1.165, 1.54) is 5.56 Å². The molecule has 5 heteroatoms. The van der Waals surface area contributed by atoms with Crippen molar-refractivity contribution >= 4 is 28.2 Å². The molecule has 2 aromatic carbocycles. The van der Waals surface area contributed by atoms with Crippen molar-refractivity contribution in [3.63, 3.8) is 0 Å². The summed E-state index contributed by atoms with van der Waals surface area (Å²) in [6, 6.07) is 13.5. The van der Waals surface area contributed by atoms with Crippen LogP contribution in [0.3, 0.4) is 0 Å². The van der Waals surface area contributed by atoms with Crippen molar-refractivity contribution in [1.82, 2.24) is 10.2 Å². The average molecular weight is 278 g/mol. The predicted octanol–water partition coefficient (Wildman–Crippen LogP) is 2.54. The highest BCUT2D eigenvalue weighted by atomic mass is 16.2. The molecule has 0 fully saturated rings. The minimum absolute atomic E-state index is 0.0231. The lowest BCUT2D eigenvalue weighted by Gasteiger charge is -2.12. The molecule has 0 saturated heterocycles. The molecule has 5 nitrogen and oxygen atoms in total. The maximum absolute atomic E-state index is 12.4. The second-order valence-electron chi connectivity index (χ2n) is 5.22. The lowest BCUT2D eigenvalue weighted by molar-refractivity contribution is -0.116. The number of nitrogens with one attached hydrogen (secondary N) is 3. The molecule has 1 aliphatic heterocycles. The molecule has 3 aromatic rings. The van der Waals surface area contributed by atoms with E-state index in [2.05, 4.69) is 20.8 Å². The SMILES string of the molecule is O=C(Nc1ccc2cn[nH]c2c1)C1Cc2ccccc2N1. The normalized spacial score (nSPS) is 16.5.